The Morgan fingerprint density at radius 3 is 1.35 bits per heavy atom. The molecule has 0 spiro atoms. The average Bonchev–Trinajstić information content (AvgIpc) is 2.99. The van der Waals surface area contributed by atoms with Gasteiger partial charge >= 0.3 is 0 Å². The first kappa shape index (κ1) is 24.6. The van der Waals surface area contributed by atoms with E-state index in [0.29, 0.717) is 0 Å². The Morgan fingerprint density at radius 2 is 0.838 bits per heavy atom. The second-order valence-corrected chi connectivity index (χ2v) is 13.7. The Bertz CT molecular complexity index is 1210. The van der Waals surface area contributed by atoms with Crippen molar-refractivity contribution in [1.29, 1.82) is 0 Å². The summed E-state index contributed by atoms with van der Waals surface area (Å²) in [5, 5.41) is 1.68. The van der Waals surface area contributed by atoms with E-state index in [1.54, 1.807) is 5.30 Å². The first-order valence-corrected chi connectivity index (χ1v) is 16.0. The summed E-state index contributed by atoms with van der Waals surface area (Å²) in [7, 11) is -0.199. The molecule has 0 aliphatic heterocycles. The van der Waals surface area contributed by atoms with Crippen molar-refractivity contribution in [2.75, 3.05) is 0 Å². The van der Waals surface area contributed by atoms with Gasteiger partial charge in [0.1, 0.15) is 0 Å². The van der Waals surface area contributed by atoms with Crippen LogP contribution in [-0.2, 0) is 0 Å². The van der Waals surface area contributed by atoms with Crippen LogP contribution in [0.1, 0.15) is 64.2 Å². The van der Waals surface area contributed by atoms with Crippen molar-refractivity contribution in [3.63, 3.8) is 0 Å². The highest BCUT2D eigenvalue weighted by Gasteiger charge is 2.34. The lowest BCUT2D eigenvalue weighted by Crippen LogP contribution is -2.27. The third-order valence-corrected chi connectivity index (χ3v) is 12.2. The molecule has 0 bridgehead atoms. The molecule has 1 heteroatoms. The van der Waals surface area contributed by atoms with Gasteiger partial charge in [0, 0.05) is 0 Å². The molecule has 0 nitrogen and oxygen atoms in total. The van der Waals surface area contributed by atoms with Gasteiger partial charge in [-0.3, -0.25) is 0 Å². The van der Waals surface area contributed by atoms with Crippen molar-refractivity contribution in [2.45, 2.75) is 75.5 Å². The quantitative estimate of drug-likeness (QED) is 0.230. The van der Waals surface area contributed by atoms with E-state index < -0.39 is 0 Å². The van der Waals surface area contributed by atoms with Crippen LogP contribution < -0.4 is 5.30 Å². The SMILES string of the molecule is c1ccc(-c2cccc(-c3ccccc3)c2-c2ccccc2P(C2CCCCC2)C2CCCCC2)cc1. The topological polar surface area (TPSA) is 0 Å². The fraction of sp³-hybridized carbons (Fsp3) is 0.333. The van der Waals surface area contributed by atoms with Gasteiger partial charge in [-0.2, -0.15) is 0 Å². The molecule has 2 aliphatic rings. The van der Waals surface area contributed by atoms with Gasteiger partial charge in [0.15, 0.2) is 0 Å². The smallest absolute Gasteiger partial charge is 0.00204 e. The Hall–Kier alpha value is -2.69. The molecular weight excluding hydrogens is 463 g/mol. The fourth-order valence-electron chi connectivity index (χ4n) is 6.88. The van der Waals surface area contributed by atoms with Crippen molar-refractivity contribution >= 4 is 13.2 Å². The van der Waals surface area contributed by atoms with Gasteiger partial charge in [-0.05, 0) is 75.7 Å². The minimum atomic E-state index is -0.199. The van der Waals surface area contributed by atoms with E-state index >= 15 is 0 Å². The standard InChI is InChI=1S/C36H39P/c1-5-16-28(17-6-1)32-25-15-26-33(29-18-7-2-8-19-29)36(32)34-24-13-14-27-35(34)37(30-20-9-3-10-21-30)31-22-11-4-12-23-31/h1-2,5-8,13-19,24-27,30-31H,3-4,9-12,20-23H2. The Balaban J connectivity index is 1.57. The normalized spacial score (nSPS) is 17.2. The van der Waals surface area contributed by atoms with E-state index in [2.05, 4.69) is 103 Å². The number of hydrogen-bond donors (Lipinski definition) is 0. The van der Waals surface area contributed by atoms with E-state index in [9.17, 15) is 0 Å². The zero-order chi connectivity index (χ0) is 24.9. The number of hydrogen-bond acceptors (Lipinski definition) is 0. The average molecular weight is 503 g/mol. The van der Waals surface area contributed by atoms with Crippen LogP contribution in [0.25, 0.3) is 33.4 Å². The molecule has 2 saturated carbocycles. The molecule has 0 heterocycles. The van der Waals surface area contributed by atoms with Gasteiger partial charge in [0.05, 0.1) is 0 Å². The van der Waals surface area contributed by atoms with Gasteiger partial charge in [-0.15, -0.1) is 0 Å². The molecular formula is C36H39P. The summed E-state index contributed by atoms with van der Waals surface area (Å²) < 4.78 is 0. The summed E-state index contributed by atoms with van der Waals surface area (Å²) >= 11 is 0. The van der Waals surface area contributed by atoms with Crippen LogP contribution in [-0.4, -0.2) is 11.3 Å². The largest absolute Gasteiger partial charge is 0.0683 e. The molecule has 0 saturated heterocycles. The van der Waals surface area contributed by atoms with Gasteiger partial charge < -0.3 is 0 Å². The summed E-state index contributed by atoms with van der Waals surface area (Å²) in [4.78, 5) is 0. The molecule has 2 aliphatic carbocycles. The minimum Gasteiger partial charge on any atom is -0.0683 e. The van der Waals surface area contributed by atoms with Crippen molar-refractivity contribution in [1.82, 2.24) is 0 Å². The van der Waals surface area contributed by atoms with Gasteiger partial charge in [0.2, 0.25) is 0 Å². The Morgan fingerprint density at radius 1 is 0.405 bits per heavy atom. The van der Waals surface area contributed by atoms with Crippen LogP contribution in [0, 0.1) is 0 Å². The molecule has 0 N–H and O–H groups in total. The Kier molecular flexibility index (Phi) is 7.85. The van der Waals surface area contributed by atoms with Crippen molar-refractivity contribution in [3.05, 3.63) is 103 Å². The van der Waals surface area contributed by atoms with Gasteiger partial charge in [-0.1, -0.05) is 150 Å². The lowest BCUT2D eigenvalue weighted by molar-refractivity contribution is 0.487. The van der Waals surface area contributed by atoms with Crippen molar-refractivity contribution < 1.29 is 0 Å². The molecule has 0 aromatic heterocycles. The van der Waals surface area contributed by atoms with Crippen LogP contribution in [0.15, 0.2) is 103 Å². The van der Waals surface area contributed by atoms with Crippen LogP contribution in [0.5, 0.6) is 0 Å². The van der Waals surface area contributed by atoms with Crippen LogP contribution in [0.4, 0.5) is 0 Å². The lowest BCUT2D eigenvalue weighted by Gasteiger charge is -2.40. The zero-order valence-electron chi connectivity index (χ0n) is 22.0. The fourth-order valence-corrected chi connectivity index (χ4v) is 10.8. The predicted octanol–water partition coefficient (Wildman–Crippen LogP) is 10.5. The third kappa shape index (κ3) is 5.32. The lowest BCUT2D eigenvalue weighted by atomic mass is 9.87. The van der Waals surface area contributed by atoms with E-state index in [4.69, 9.17) is 0 Å². The van der Waals surface area contributed by atoms with Crippen LogP contribution >= 0.6 is 7.92 Å². The minimum absolute atomic E-state index is 0.199. The first-order chi connectivity index (χ1) is 18.4. The maximum absolute atomic E-state index is 2.53. The number of benzene rings is 4. The molecule has 0 amide bonds. The monoisotopic (exact) mass is 502 g/mol. The molecule has 0 radical (unpaired) electrons. The summed E-state index contributed by atoms with van der Waals surface area (Å²) in [6.45, 7) is 0. The van der Waals surface area contributed by atoms with Crippen molar-refractivity contribution in [2.24, 2.45) is 0 Å². The molecule has 188 valence electrons. The number of rotatable bonds is 6. The maximum atomic E-state index is 2.53. The van der Waals surface area contributed by atoms with Crippen molar-refractivity contribution in [3.8, 4) is 33.4 Å². The van der Waals surface area contributed by atoms with E-state index in [1.165, 1.54) is 97.6 Å². The van der Waals surface area contributed by atoms with E-state index in [0.717, 1.165) is 11.3 Å². The molecule has 4 aromatic rings. The summed E-state index contributed by atoms with van der Waals surface area (Å²) in [5.74, 6) is 0. The third-order valence-electron chi connectivity index (χ3n) is 8.62. The second-order valence-electron chi connectivity index (χ2n) is 11.0. The van der Waals surface area contributed by atoms with E-state index in [1.807, 2.05) is 0 Å². The molecule has 4 aromatic carbocycles. The van der Waals surface area contributed by atoms with Crippen LogP contribution in [0.2, 0.25) is 0 Å². The predicted molar refractivity (Wildman–Crippen MR) is 163 cm³/mol. The summed E-state index contributed by atoms with van der Waals surface area (Å²) in [6.07, 6.45) is 14.3. The molecule has 2 fully saturated rings. The zero-order valence-corrected chi connectivity index (χ0v) is 22.9. The molecule has 0 unspecified atom stereocenters. The summed E-state index contributed by atoms with van der Waals surface area (Å²) in [5.41, 5.74) is 10.0. The molecule has 0 atom stereocenters. The molecule has 6 rings (SSSR count). The maximum Gasteiger partial charge on any atom is -0.00204 e. The highest BCUT2D eigenvalue weighted by molar-refractivity contribution is 7.67. The van der Waals surface area contributed by atoms with Gasteiger partial charge in [-0.25, -0.2) is 0 Å². The Labute approximate surface area is 224 Å². The van der Waals surface area contributed by atoms with Gasteiger partial charge in [0.25, 0.3) is 0 Å². The van der Waals surface area contributed by atoms with E-state index in [-0.39, 0.29) is 7.92 Å². The summed E-state index contributed by atoms with van der Waals surface area (Å²) in [6, 6.07) is 38.6. The highest BCUT2D eigenvalue weighted by atomic mass is 31.1. The second kappa shape index (κ2) is 11.8. The van der Waals surface area contributed by atoms with Crippen LogP contribution in [0.3, 0.4) is 0 Å². The highest BCUT2D eigenvalue weighted by Crippen LogP contribution is 2.57. The first-order valence-electron chi connectivity index (χ1n) is 14.5. The molecule has 37 heavy (non-hydrogen) atoms.